The molecule has 0 radical (unpaired) electrons. The molecule has 4 atom stereocenters. The molecule has 2 heterocycles. The van der Waals surface area contributed by atoms with Gasteiger partial charge in [0.15, 0.2) is 0 Å². The fourth-order valence-corrected chi connectivity index (χ4v) is 4.73. The summed E-state index contributed by atoms with van der Waals surface area (Å²) in [5.41, 5.74) is 2.21. The van der Waals surface area contributed by atoms with Crippen molar-refractivity contribution in [1.29, 1.82) is 0 Å². The number of hydrogen-bond acceptors (Lipinski definition) is 3. The minimum Gasteiger partial charge on any atom is -0.489 e. The van der Waals surface area contributed by atoms with Crippen LogP contribution in [0.2, 0.25) is 0 Å². The summed E-state index contributed by atoms with van der Waals surface area (Å²) >= 11 is 0. The van der Waals surface area contributed by atoms with Crippen LogP contribution in [0.5, 0.6) is 5.75 Å². The third kappa shape index (κ3) is 3.97. The molecular formula is C22H26ClNO3. The molecule has 27 heavy (non-hydrogen) atoms. The number of carbonyl (C=O) groups is 1. The number of likely N-dealkylation sites (N-methyl/N-ethyl adjacent to an activating group) is 1. The van der Waals surface area contributed by atoms with E-state index in [2.05, 4.69) is 18.0 Å². The zero-order valence-corrected chi connectivity index (χ0v) is 16.3. The van der Waals surface area contributed by atoms with Gasteiger partial charge in [-0.1, -0.05) is 42.5 Å². The van der Waals surface area contributed by atoms with Gasteiger partial charge in [0.25, 0.3) is 0 Å². The van der Waals surface area contributed by atoms with Crippen LogP contribution in [0.3, 0.4) is 0 Å². The summed E-state index contributed by atoms with van der Waals surface area (Å²) in [7, 11) is 2.14. The fraction of sp³-hybridized carbons (Fsp3) is 0.409. The molecule has 5 heteroatoms. The Kier molecular flexibility index (Phi) is 6.08. The lowest BCUT2D eigenvalue weighted by Gasteiger charge is -2.41. The van der Waals surface area contributed by atoms with Crippen molar-refractivity contribution in [2.75, 3.05) is 7.05 Å². The predicted molar refractivity (Wildman–Crippen MR) is 108 cm³/mol. The van der Waals surface area contributed by atoms with Gasteiger partial charge < -0.3 is 9.84 Å². The number of nitrogens with zero attached hydrogens (tertiary/aromatic N) is 1. The van der Waals surface area contributed by atoms with E-state index in [0.717, 1.165) is 36.1 Å². The Labute approximate surface area is 166 Å². The van der Waals surface area contributed by atoms with Gasteiger partial charge in [0, 0.05) is 18.0 Å². The number of carboxylic acids is 1. The van der Waals surface area contributed by atoms with E-state index in [4.69, 9.17) is 4.74 Å². The number of ether oxygens (including phenoxy) is 1. The normalized spacial score (nSPS) is 27.0. The molecule has 2 aliphatic rings. The van der Waals surface area contributed by atoms with E-state index < -0.39 is 5.97 Å². The Morgan fingerprint density at radius 3 is 2.67 bits per heavy atom. The van der Waals surface area contributed by atoms with Crippen molar-refractivity contribution in [3.8, 4) is 5.75 Å². The van der Waals surface area contributed by atoms with Crippen molar-refractivity contribution in [2.24, 2.45) is 5.92 Å². The lowest BCUT2D eigenvalue weighted by atomic mass is 9.76. The second-order valence-corrected chi connectivity index (χ2v) is 7.52. The predicted octanol–water partition coefficient (Wildman–Crippen LogP) is 4.34. The molecule has 1 N–H and O–H groups in total. The standard InChI is InChI=1S/C22H25NO3.ClH/c1-23-17-10-11-20(23)21(19(13-17)22(24)25)16-8-5-9-18(12-16)26-14-15-6-3-2-4-7-15;/h2-9,12,17,19-21H,10-11,13-14H2,1H3,(H,24,25);1H/t17-,19+,20+,21-;/m0./s1. The van der Waals surface area contributed by atoms with Crippen LogP contribution in [0.4, 0.5) is 0 Å². The molecular weight excluding hydrogens is 362 g/mol. The van der Waals surface area contributed by atoms with Crippen molar-refractivity contribution in [3.05, 3.63) is 65.7 Å². The Bertz CT molecular complexity index is 782. The monoisotopic (exact) mass is 387 g/mol. The van der Waals surface area contributed by atoms with E-state index in [1.165, 1.54) is 0 Å². The van der Waals surface area contributed by atoms with E-state index in [1.807, 2.05) is 48.5 Å². The Hall–Kier alpha value is -2.04. The lowest BCUT2D eigenvalue weighted by Crippen LogP contribution is -2.47. The average Bonchev–Trinajstić information content (AvgIpc) is 2.90. The molecule has 2 fully saturated rings. The first-order chi connectivity index (χ1) is 12.6. The summed E-state index contributed by atoms with van der Waals surface area (Å²) in [6.45, 7) is 0.517. The van der Waals surface area contributed by atoms with E-state index >= 15 is 0 Å². The molecule has 2 aliphatic heterocycles. The number of halogens is 1. The summed E-state index contributed by atoms with van der Waals surface area (Å²) in [5.74, 6) is -0.154. The number of benzene rings is 2. The summed E-state index contributed by atoms with van der Waals surface area (Å²) in [6, 6.07) is 18.8. The quantitative estimate of drug-likeness (QED) is 0.829. The SMILES string of the molecule is CN1[C@H]2CC[C@@H]1[C@@H](c1cccc(OCc3ccccc3)c1)[C@H](C(=O)O)C2.Cl. The van der Waals surface area contributed by atoms with Gasteiger partial charge in [-0.2, -0.15) is 0 Å². The molecule has 0 amide bonds. The Balaban J connectivity index is 0.00000210. The summed E-state index contributed by atoms with van der Waals surface area (Å²) in [4.78, 5) is 14.3. The van der Waals surface area contributed by atoms with Crippen LogP contribution in [0.1, 0.15) is 36.3 Å². The zero-order valence-electron chi connectivity index (χ0n) is 15.5. The van der Waals surface area contributed by atoms with E-state index in [-0.39, 0.29) is 24.2 Å². The van der Waals surface area contributed by atoms with Crippen LogP contribution < -0.4 is 4.74 Å². The molecule has 0 spiro atoms. The molecule has 0 aromatic heterocycles. The van der Waals surface area contributed by atoms with Crippen molar-refractivity contribution < 1.29 is 14.6 Å². The maximum Gasteiger partial charge on any atom is 0.307 e. The average molecular weight is 388 g/mol. The molecule has 4 rings (SSSR count). The molecule has 0 unspecified atom stereocenters. The number of aliphatic carboxylic acids is 1. The van der Waals surface area contributed by atoms with Gasteiger partial charge in [0.1, 0.15) is 12.4 Å². The largest absolute Gasteiger partial charge is 0.489 e. The first-order valence-corrected chi connectivity index (χ1v) is 9.35. The summed E-state index contributed by atoms with van der Waals surface area (Å²) in [6.07, 6.45) is 2.92. The van der Waals surface area contributed by atoms with Crippen LogP contribution in [0.15, 0.2) is 54.6 Å². The van der Waals surface area contributed by atoms with Crippen LogP contribution in [-0.2, 0) is 11.4 Å². The highest BCUT2D eigenvalue weighted by molar-refractivity contribution is 5.85. The lowest BCUT2D eigenvalue weighted by molar-refractivity contribution is -0.145. The number of rotatable bonds is 5. The van der Waals surface area contributed by atoms with Crippen LogP contribution >= 0.6 is 12.4 Å². The Morgan fingerprint density at radius 2 is 1.93 bits per heavy atom. The zero-order chi connectivity index (χ0) is 18.1. The van der Waals surface area contributed by atoms with Gasteiger partial charge in [-0.3, -0.25) is 9.69 Å². The van der Waals surface area contributed by atoms with Gasteiger partial charge in [-0.25, -0.2) is 0 Å². The van der Waals surface area contributed by atoms with Crippen molar-refractivity contribution in [2.45, 2.75) is 43.9 Å². The van der Waals surface area contributed by atoms with Crippen molar-refractivity contribution in [1.82, 2.24) is 4.90 Å². The van der Waals surface area contributed by atoms with Crippen LogP contribution in [-0.4, -0.2) is 35.1 Å². The third-order valence-electron chi connectivity index (χ3n) is 6.08. The fourth-order valence-electron chi connectivity index (χ4n) is 4.73. The number of carboxylic acid groups (broad SMARTS) is 1. The molecule has 2 aromatic rings. The Morgan fingerprint density at radius 1 is 1.15 bits per heavy atom. The number of piperidine rings is 1. The highest BCUT2D eigenvalue weighted by Gasteiger charge is 2.48. The molecule has 2 bridgehead atoms. The van der Waals surface area contributed by atoms with E-state index in [9.17, 15) is 9.90 Å². The maximum absolute atomic E-state index is 11.9. The third-order valence-corrected chi connectivity index (χ3v) is 6.08. The van der Waals surface area contributed by atoms with Gasteiger partial charge in [0.05, 0.1) is 5.92 Å². The van der Waals surface area contributed by atoms with Gasteiger partial charge in [-0.15, -0.1) is 12.4 Å². The van der Waals surface area contributed by atoms with Crippen molar-refractivity contribution in [3.63, 3.8) is 0 Å². The van der Waals surface area contributed by atoms with E-state index in [0.29, 0.717) is 18.7 Å². The van der Waals surface area contributed by atoms with Gasteiger partial charge in [-0.05, 0) is 49.6 Å². The minimum atomic E-state index is -0.671. The molecule has 0 aliphatic carbocycles. The first kappa shape index (κ1) is 19.7. The summed E-state index contributed by atoms with van der Waals surface area (Å²) < 4.78 is 5.96. The summed E-state index contributed by atoms with van der Waals surface area (Å²) in [5, 5.41) is 9.79. The molecule has 0 saturated carbocycles. The highest BCUT2D eigenvalue weighted by atomic mass is 35.5. The number of fused-ring (bicyclic) bond motifs is 2. The van der Waals surface area contributed by atoms with E-state index in [1.54, 1.807) is 0 Å². The molecule has 2 aromatic carbocycles. The van der Waals surface area contributed by atoms with Crippen LogP contribution in [0.25, 0.3) is 0 Å². The first-order valence-electron chi connectivity index (χ1n) is 9.35. The van der Waals surface area contributed by atoms with Gasteiger partial charge in [0.2, 0.25) is 0 Å². The van der Waals surface area contributed by atoms with Gasteiger partial charge >= 0.3 is 5.97 Å². The number of hydrogen-bond donors (Lipinski definition) is 1. The second kappa shape index (κ2) is 8.32. The molecule has 4 nitrogen and oxygen atoms in total. The minimum absolute atomic E-state index is 0. The molecule has 144 valence electrons. The maximum atomic E-state index is 11.9. The topological polar surface area (TPSA) is 49.8 Å². The van der Waals surface area contributed by atoms with Crippen molar-refractivity contribution >= 4 is 18.4 Å². The highest BCUT2D eigenvalue weighted by Crippen LogP contribution is 2.47. The molecule has 2 saturated heterocycles. The smallest absolute Gasteiger partial charge is 0.307 e. The van der Waals surface area contributed by atoms with Crippen LogP contribution in [0, 0.1) is 5.92 Å². The second-order valence-electron chi connectivity index (χ2n) is 7.52.